The van der Waals surface area contributed by atoms with Crippen molar-refractivity contribution in [1.29, 1.82) is 0 Å². The average Bonchev–Trinajstić information content (AvgIpc) is 3.09. The predicted molar refractivity (Wildman–Crippen MR) is 112 cm³/mol. The minimum Gasteiger partial charge on any atom is -0.508 e. The van der Waals surface area contributed by atoms with E-state index >= 15 is 0 Å². The molecule has 7 heteroatoms. The van der Waals surface area contributed by atoms with Gasteiger partial charge < -0.3 is 19.0 Å². The Bertz CT molecular complexity index is 950. The number of phenols is 1. The summed E-state index contributed by atoms with van der Waals surface area (Å²) >= 11 is 3.32. The maximum atomic E-state index is 11.5. The molecule has 3 rings (SSSR count). The van der Waals surface area contributed by atoms with Crippen molar-refractivity contribution in [2.75, 3.05) is 13.7 Å². The van der Waals surface area contributed by atoms with E-state index in [1.165, 1.54) is 7.11 Å². The summed E-state index contributed by atoms with van der Waals surface area (Å²) in [5.74, 6) is 1.93. The number of phenolic OH excluding ortho intramolecular Hbond substituents is 1. The number of ether oxygens (including phenoxy) is 2. The number of hydrogen-bond acceptors (Lipinski definition) is 6. The number of aromatic nitrogens is 1. The van der Waals surface area contributed by atoms with Gasteiger partial charge in [0.25, 0.3) is 0 Å². The van der Waals surface area contributed by atoms with Crippen molar-refractivity contribution in [2.24, 2.45) is 0 Å². The van der Waals surface area contributed by atoms with Gasteiger partial charge in [0.05, 0.1) is 19.4 Å². The summed E-state index contributed by atoms with van der Waals surface area (Å²) in [5.41, 5.74) is 2.66. The van der Waals surface area contributed by atoms with Gasteiger partial charge in [0.2, 0.25) is 5.89 Å². The number of rotatable bonds is 8. The van der Waals surface area contributed by atoms with Gasteiger partial charge in [-0.05, 0) is 55.3 Å². The molecular weight excluding hydrogens is 438 g/mol. The Kier molecular flexibility index (Phi) is 6.93. The Hall–Kier alpha value is -2.80. The molecule has 0 aliphatic rings. The summed E-state index contributed by atoms with van der Waals surface area (Å²) in [7, 11) is 1.37. The summed E-state index contributed by atoms with van der Waals surface area (Å²) in [5, 5.41) is 9.39. The van der Waals surface area contributed by atoms with Crippen molar-refractivity contribution in [1.82, 2.24) is 4.98 Å². The highest BCUT2D eigenvalue weighted by atomic mass is 79.9. The van der Waals surface area contributed by atoms with Crippen LogP contribution < -0.4 is 4.74 Å². The maximum Gasteiger partial charge on any atom is 0.319 e. The second-order valence-electron chi connectivity index (χ2n) is 6.51. The first-order valence-corrected chi connectivity index (χ1v) is 10.1. The molecule has 0 fully saturated rings. The van der Waals surface area contributed by atoms with Crippen LogP contribution in [0.4, 0.5) is 0 Å². The number of alkyl halides is 1. The fraction of sp³-hybridized carbons (Fsp3) is 0.273. The number of nitrogens with zero attached hydrogens (tertiary/aromatic N) is 1. The van der Waals surface area contributed by atoms with Crippen LogP contribution in [0.1, 0.15) is 17.0 Å². The van der Waals surface area contributed by atoms with Crippen molar-refractivity contribution in [3.8, 4) is 23.0 Å². The van der Waals surface area contributed by atoms with E-state index in [1.54, 1.807) is 24.3 Å². The number of oxazole rings is 1. The molecule has 0 radical (unpaired) electrons. The van der Waals surface area contributed by atoms with E-state index in [0.717, 1.165) is 28.3 Å². The van der Waals surface area contributed by atoms with Crippen molar-refractivity contribution in [3.05, 3.63) is 65.5 Å². The quantitative estimate of drug-likeness (QED) is 0.395. The zero-order valence-corrected chi connectivity index (χ0v) is 17.8. The van der Waals surface area contributed by atoms with Gasteiger partial charge in [0, 0.05) is 12.0 Å². The zero-order valence-electron chi connectivity index (χ0n) is 16.2. The highest BCUT2D eigenvalue weighted by Crippen LogP contribution is 2.24. The van der Waals surface area contributed by atoms with Gasteiger partial charge in [-0.3, -0.25) is 4.79 Å². The molecule has 152 valence electrons. The first kappa shape index (κ1) is 20.9. The maximum absolute atomic E-state index is 11.5. The minimum absolute atomic E-state index is 0.202. The first-order chi connectivity index (χ1) is 14.0. The van der Waals surface area contributed by atoms with Crippen LogP contribution in [0, 0.1) is 6.92 Å². The van der Waals surface area contributed by atoms with Gasteiger partial charge in [-0.2, -0.15) is 0 Å². The highest BCUT2D eigenvalue weighted by molar-refractivity contribution is 9.10. The third kappa shape index (κ3) is 5.60. The number of carbonyl (C=O) groups excluding carboxylic acids is 1. The lowest BCUT2D eigenvalue weighted by atomic mass is 10.1. The lowest BCUT2D eigenvalue weighted by Gasteiger charge is -2.09. The van der Waals surface area contributed by atoms with Crippen LogP contribution in [0.5, 0.6) is 11.5 Å². The van der Waals surface area contributed by atoms with Crippen LogP contribution >= 0.6 is 15.9 Å². The van der Waals surface area contributed by atoms with Crippen LogP contribution in [0.2, 0.25) is 0 Å². The van der Waals surface area contributed by atoms with Crippen LogP contribution in [-0.4, -0.2) is 34.6 Å². The SMILES string of the molecule is COC(=O)C(Br)Cc1ccc(OCCc2nc(-c3ccc(O)cc3)oc2C)cc1. The molecule has 1 unspecified atom stereocenters. The Labute approximate surface area is 177 Å². The predicted octanol–water partition coefficient (Wildman–Crippen LogP) is 4.46. The molecule has 1 aromatic heterocycles. The monoisotopic (exact) mass is 459 g/mol. The summed E-state index contributed by atoms with van der Waals surface area (Å²) in [6.07, 6.45) is 1.16. The Morgan fingerprint density at radius 1 is 1.17 bits per heavy atom. The largest absolute Gasteiger partial charge is 0.508 e. The molecule has 0 amide bonds. The summed E-state index contributed by atoms with van der Waals surface area (Å²) in [4.78, 5) is 15.6. The second kappa shape index (κ2) is 9.60. The van der Waals surface area contributed by atoms with E-state index < -0.39 is 0 Å². The highest BCUT2D eigenvalue weighted by Gasteiger charge is 2.15. The van der Waals surface area contributed by atoms with Gasteiger partial charge in [0.1, 0.15) is 22.1 Å². The zero-order chi connectivity index (χ0) is 20.8. The number of benzene rings is 2. The standard InChI is InChI=1S/C22H22BrNO5/c1-14-20(24-21(29-14)16-5-7-17(25)8-6-16)11-12-28-18-9-3-15(4-10-18)13-19(23)22(26)27-2/h3-10,19,25H,11-13H2,1-2H3. The summed E-state index contributed by atoms with van der Waals surface area (Å²) < 4.78 is 16.3. The number of carbonyl (C=O) groups is 1. The number of esters is 1. The molecule has 0 spiro atoms. The summed E-state index contributed by atoms with van der Waals surface area (Å²) in [6.45, 7) is 2.34. The van der Waals surface area contributed by atoms with E-state index in [-0.39, 0.29) is 16.5 Å². The Morgan fingerprint density at radius 2 is 1.86 bits per heavy atom. The molecule has 1 N–H and O–H groups in total. The smallest absolute Gasteiger partial charge is 0.319 e. The van der Waals surface area contributed by atoms with Crippen LogP contribution in [0.3, 0.4) is 0 Å². The molecule has 29 heavy (non-hydrogen) atoms. The van der Waals surface area contributed by atoms with Crippen molar-refractivity contribution in [3.63, 3.8) is 0 Å². The molecule has 2 aromatic carbocycles. The third-order valence-electron chi connectivity index (χ3n) is 4.41. The fourth-order valence-corrected chi connectivity index (χ4v) is 3.35. The van der Waals surface area contributed by atoms with Gasteiger partial charge in [0.15, 0.2) is 0 Å². The van der Waals surface area contributed by atoms with Crippen LogP contribution in [-0.2, 0) is 22.4 Å². The molecule has 3 aromatic rings. The fourth-order valence-electron chi connectivity index (χ4n) is 2.79. The van der Waals surface area contributed by atoms with Crippen molar-refractivity contribution in [2.45, 2.75) is 24.6 Å². The topological polar surface area (TPSA) is 81.8 Å². The van der Waals surface area contributed by atoms with Gasteiger partial charge in [-0.25, -0.2) is 4.98 Å². The number of aromatic hydroxyl groups is 1. The number of aryl methyl sites for hydroxylation is 1. The average molecular weight is 460 g/mol. The molecular formula is C22H22BrNO5. The van der Waals surface area contributed by atoms with Crippen molar-refractivity contribution < 1.29 is 23.8 Å². The second-order valence-corrected chi connectivity index (χ2v) is 7.61. The van der Waals surface area contributed by atoms with Gasteiger partial charge in [-0.15, -0.1) is 0 Å². The molecule has 6 nitrogen and oxygen atoms in total. The molecule has 1 heterocycles. The number of hydrogen-bond donors (Lipinski definition) is 1. The molecule has 0 aliphatic heterocycles. The van der Waals surface area contributed by atoms with E-state index in [9.17, 15) is 9.90 Å². The van der Waals surface area contributed by atoms with Crippen LogP contribution in [0.15, 0.2) is 52.9 Å². The number of halogens is 1. The molecule has 0 bridgehead atoms. The van der Waals surface area contributed by atoms with E-state index in [2.05, 4.69) is 20.9 Å². The number of methoxy groups -OCH3 is 1. The molecule has 0 saturated heterocycles. The van der Waals surface area contributed by atoms with E-state index in [4.69, 9.17) is 13.9 Å². The molecule has 0 aliphatic carbocycles. The van der Waals surface area contributed by atoms with E-state index in [0.29, 0.717) is 25.3 Å². The van der Waals surface area contributed by atoms with Crippen LogP contribution in [0.25, 0.3) is 11.5 Å². The lowest BCUT2D eigenvalue weighted by Crippen LogP contribution is -2.17. The molecule has 1 atom stereocenters. The van der Waals surface area contributed by atoms with Gasteiger partial charge >= 0.3 is 5.97 Å². The lowest BCUT2D eigenvalue weighted by molar-refractivity contribution is -0.139. The summed E-state index contributed by atoms with van der Waals surface area (Å²) in [6, 6.07) is 14.3. The van der Waals surface area contributed by atoms with Gasteiger partial charge in [-0.1, -0.05) is 28.1 Å². The first-order valence-electron chi connectivity index (χ1n) is 9.15. The Morgan fingerprint density at radius 3 is 2.52 bits per heavy atom. The molecule has 0 saturated carbocycles. The minimum atomic E-state index is -0.364. The van der Waals surface area contributed by atoms with E-state index in [1.807, 2.05) is 31.2 Å². The normalized spacial score (nSPS) is 11.8. The Balaban J connectivity index is 1.53. The third-order valence-corrected chi connectivity index (χ3v) is 5.11. The van der Waals surface area contributed by atoms with Crippen molar-refractivity contribution >= 4 is 21.9 Å².